The summed E-state index contributed by atoms with van der Waals surface area (Å²) >= 11 is 0. The van der Waals surface area contributed by atoms with Crippen molar-refractivity contribution in [2.45, 2.75) is 334 Å². The summed E-state index contributed by atoms with van der Waals surface area (Å²) in [7, 11) is -9.84. The normalized spacial score (nSPS) is 14.9. The zero-order chi connectivity index (χ0) is 82.2. The monoisotopic (exact) mass is 1610 g/mol. The SMILES string of the molecule is CC/C=C\C/C=C\C/C=C\C/C=C\C/C=C\C/C=C\CCCCCCCCCCCCCCCCCCC(=O)OCC(O)COP(=O)(O)OCC(O)COP(=O)(O)OCC(COC(=O)CCCCCCCCC/C=C\C/C=C\C/C=C\C/C=C\C/C=C\CC)OC(=O)CC/C=C\C/C=C\C/C=C\C/C=C\C/C=C\C/C=C\CC. The highest BCUT2D eigenvalue weighted by atomic mass is 31.2. The fourth-order valence-corrected chi connectivity index (χ4v) is 12.6. The lowest BCUT2D eigenvalue weighted by atomic mass is 10.0. The Morgan fingerprint density at radius 1 is 0.248 bits per heavy atom. The zero-order valence-electron chi connectivity index (χ0n) is 70.2. The van der Waals surface area contributed by atoms with Crippen LogP contribution < -0.4 is 0 Å². The summed E-state index contributed by atoms with van der Waals surface area (Å²) in [4.78, 5) is 58.8. The second-order valence-corrected chi connectivity index (χ2v) is 31.1. The van der Waals surface area contributed by atoms with E-state index in [0.717, 1.165) is 167 Å². The summed E-state index contributed by atoms with van der Waals surface area (Å²) in [6.45, 7) is 2.23. The van der Waals surface area contributed by atoms with E-state index in [9.17, 15) is 43.5 Å². The number of esters is 3. The molecule has 0 aliphatic carbocycles. The molecule has 113 heavy (non-hydrogen) atoms. The van der Waals surface area contributed by atoms with Crippen molar-refractivity contribution in [3.8, 4) is 0 Å². The van der Waals surface area contributed by atoms with Gasteiger partial charge in [-0.05, 0) is 154 Å². The smallest absolute Gasteiger partial charge is 0.463 e. The zero-order valence-corrected chi connectivity index (χ0v) is 72.0. The summed E-state index contributed by atoms with van der Waals surface area (Å²) in [5.41, 5.74) is 0. The molecule has 16 nitrogen and oxygen atoms in total. The lowest BCUT2D eigenvalue weighted by molar-refractivity contribution is -0.161. The molecule has 0 aliphatic heterocycles. The average molecular weight is 1610 g/mol. The molecule has 18 heteroatoms. The van der Waals surface area contributed by atoms with Gasteiger partial charge in [0.2, 0.25) is 0 Å². The van der Waals surface area contributed by atoms with Crippen molar-refractivity contribution in [1.82, 2.24) is 0 Å². The highest BCUT2D eigenvalue weighted by Gasteiger charge is 2.29. The summed E-state index contributed by atoms with van der Waals surface area (Å²) < 4.78 is 61.2. The van der Waals surface area contributed by atoms with Gasteiger partial charge in [0.1, 0.15) is 25.4 Å². The fourth-order valence-electron chi connectivity index (χ4n) is 11.0. The van der Waals surface area contributed by atoms with Crippen LogP contribution in [0.4, 0.5) is 0 Å². The van der Waals surface area contributed by atoms with Crippen LogP contribution in [-0.2, 0) is 55.8 Å². The molecule has 0 saturated carbocycles. The first-order chi connectivity index (χ1) is 55.2. The molecule has 0 aliphatic rings. The molecule has 5 atom stereocenters. The molecule has 640 valence electrons. The molecule has 4 N–H and O–H groups in total. The van der Waals surface area contributed by atoms with Crippen LogP contribution in [0.15, 0.2) is 207 Å². The highest BCUT2D eigenvalue weighted by molar-refractivity contribution is 7.47. The van der Waals surface area contributed by atoms with E-state index in [4.69, 9.17) is 32.3 Å². The van der Waals surface area contributed by atoms with Crippen molar-refractivity contribution < 1.29 is 75.8 Å². The average Bonchev–Trinajstić information content (AvgIpc) is 0.899. The third-order valence-corrected chi connectivity index (χ3v) is 19.4. The maximum atomic E-state index is 13.0. The number of hydrogen-bond acceptors (Lipinski definition) is 14. The van der Waals surface area contributed by atoms with Gasteiger partial charge in [-0.25, -0.2) is 9.13 Å². The lowest BCUT2D eigenvalue weighted by Gasteiger charge is -2.21. The Bertz CT molecular complexity index is 2880. The van der Waals surface area contributed by atoms with Gasteiger partial charge in [-0.3, -0.25) is 32.5 Å². The van der Waals surface area contributed by atoms with E-state index in [1.807, 2.05) is 18.2 Å². The van der Waals surface area contributed by atoms with E-state index < -0.39 is 91.5 Å². The predicted octanol–water partition coefficient (Wildman–Crippen LogP) is 26.4. The Morgan fingerprint density at radius 3 is 0.735 bits per heavy atom. The maximum Gasteiger partial charge on any atom is 0.472 e. The molecule has 0 aromatic rings. The number of phosphoric acid groups is 2. The first kappa shape index (κ1) is 107. The van der Waals surface area contributed by atoms with Crippen LogP contribution in [0.5, 0.6) is 0 Å². The van der Waals surface area contributed by atoms with Gasteiger partial charge in [-0.15, -0.1) is 0 Å². The van der Waals surface area contributed by atoms with Gasteiger partial charge in [0.25, 0.3) is 0 Å². The lowest BCUT2D eigenvalue weighted by Crippen LogP contribution is -2.29. The minimum absolute atomic E-state index is 0.0306. The highest BCUT2D eigenvalue weighted by Crippen LogP contribution is 2.45. The molecule has 0 heterocycles. The number of carbonyl (C=O) groups excluding carboxylic acids is 3. The Labute approximate surface area is 686 Å². The molecule has 0 bridgehead atoms. The van der Waals surface area contributed by atoms with Gasteiger partial charge in [-0.2, -0.15) is 0 Å². The van der Waals surface area contributed by atoms with E-state index in [-0.39, 0.29) is 19.3 Å². The van der Waals surface area contributed by atoms with Crippen molar-refractivity contribution in [2.75, 3.05) is 39.6 Å². The Balaban J connectivity index is 4.57. The third kappa shape index (κ3) is 86.8. The van der Waals surface area contributed by atoms with Gasteiger partial charge < -0.3 is 34.2 Å². The van der Waals surface area contributed by atoms with Crippen LogP contribution in [0.1, 0.15) is 316 Å². The van der Waals surface area contributed by atoms with Crippen molar-refractivity contribution in [1.29, 1.82) is 0 Å². The molecule has 0 aromatic carbocycles. The molecule has 0 rings (SSSR count). The Hall–Kier alpha value is -5.87. The number of ether oxygens (including phenoxy) is 3. The van der Waals surface area contributed by atoms with E-state index >= 15 is 0 Å². The number of hydrogen-bond donors (Lipinski definition) is 4. The van der Waals surface area contributed by atoms with E-state index in [0.29, 0.717) is 25.7 Å². The second-order valence-electron chi connectivity index (χ2n) is 28.2. The Morgan fingerprint density at radius 2 is 0.460 bits per heavy atom. The van der Waals surface area contributed by atoms with Crippen LogP contribution in [-0.4, -0.2) is 95.9 Å². The number of phosphoric ester groups is 2. The van der Waals surface area contributed by atoms with Crippen molar-refractivity contribution in [3.05, 3.63) is 207 Å². The quantitative estimate of drug-likeness (QED) is 0.0146. The minimum Gasteiger partial charge on any atom is -0.463 e. The largest absolute Gasteiger partial charge is 0.472 e. The van der Waals surface area contributed by atoms with Gasteiger partial charge in [0, 0.05) is 19.3 Å². The van der Waals surface area contributed by atoms with Gasteiger partial charge in [0.05, 0.1) is 26.4 Å². The topological polar surface area (TPSA) is 231 Å². The first-order valence-corrected chi connectivity index (χ1v) is 46.4. The summed E-state index contributed by atoms with van der Waals surface area (Å²) in [6, 6.07) is 0. The van der Waals surface area contributed by atoms with Crippen molar-refractivity contribution in [3.63, 3.8) is 0 Å². The van der Waals surface area contributed by atoms with Gasteiger partial charge in [0.15, 0.2) is 6.10 Å². The number of aliphatic hydroxyl groups is 2. The molecule has 5 unspecified atom stereocenters. The molecule has 0 fully saturated rings. The summed E-state index contributed by atoms with van der Waals surface area (Å²) in [5.74, 6) is -1.69. The Kier molecular flexibility index (Phi) is 81.1. The van der Waals surface area contributed by atoms with Crippen LogP contribution in [0.3, 0.4) is 0 Å². The second kappa shape index (κ2) is 85.5. The summed E-state index contributed by atoms with van der Waals surface area (Å²) in [6.07, 6.45) is 115. The van der Waals surface area contributed by atoms with Crippen LogP contribution >= 0.6 is 15.6 Å². The first-order valence-electron chi connectivity index (χ1n) is 43.4. The number of unbranched alkanes of at least 4 members (excludes halogenated alkanes) is 23. The molecule has 0 spiro atoms. The predicted molar refractivity (Wildman–Crippen MR) is 472 cm³/mol. The number of carbonyl (C=O) groups is 3. The summed E-state index contributed by atoms with van der Waals surface area (Å²) in [5, 5.41) is 20.7. The van der Waals surface area contributed by atoms with E-state index in [2.05, 4.69) is 209 Å². The molecule has 0 saturated heterocycles. The van der Waals surface area contributed by atoms with Crippen LogP contribution in [0, 0.1) is 0 Å². The standard InChI is InChI=1S/C95H154O16P2/c1-4-7-10-13-16-19-22-25-28-31-34-36-38-39-40-41-42-43-44-45-46-47-48-49-51-53-55-57-60-63-66-69-72-75-78-81-93(98)105-84-90(96)85-107-112(101,102)108-86-91(97)87-109-113(103,104)110-89-92(111-95(100)83-80-77-74-71-68-65-62-59-54-33-30-27-24-21-18-15-12-9-6-3)88-106-94(99)82-79-76-73-70-67-64-61-58-56-52-50-37-35-32-29-26-23-20-17-14-11-8-5-2/h7-12,16-21,25-30,34-37,39-40,42-43,52,54,56,59,65,68,74,77,90-92,96-97H,4-6,13-15,22-24,31-33,38,41,44-51,53,55,57-58,60-64,66-67,69-73,75-76,78-89H2,1-3H3,(H,101,102)(H,103,104)/b10-7-,11-8-,12-9-,19-16-,20-17-,21-18-,28-25-,29-26-,30-27-,36-34-,37-35-,40-39-,43-42-,56-52-,59-54-,68-65-,77-74-. The van der Waals surface area contributed by atoms with E-state index in [1.54, 1.807) is 0 Å². The fraction of sp³-hybridized carbons (Fsp3) is 0.611. The molecular weight excluding hydrogens is 1460 g/mol. The van der Waals surface area contributed by atoms with Crippen molar-refractivity contribution >= 4 is 33.6 Å². The maximum absolute atomic E-state index is 13.0. The number of allylic oxidation sites excluding steroid dienone is 34. The van der Waals surface area contributed by atoms with Crippen LogP contribution in [0.25, 0.3) is 0 Å². The molecule has 0 radical (unpaired) electrons. The molecule has 0 aromatic heterocycles. The molecular formula is C95H154O16P2. The van der Waals surface area contributed by atoms with Gasteiger partial charge in [-0.1, -0.05) is 349 Å². The minimum atomic E-state index is -4.97. The number of aliphatic hydroxyl groups excluding tert-OH is 2. The van der Waals surface area contributed by atoms with Crippen LogP contribution in [0.2, 0.25) is 0 Å². The van der Waals surface area contributed by atoms with Gasteiger partial charge >= 0.3 is 33.6 Å². The third-order valence-electron chi connectivity index (χ3n) is 17.5. The number of rotatable bonds is 80. The van der Waals surface area contributed by atoms with Crippen molar-refractivity contribution in [2.24, 2.45) is 0 Å². The van der Waals surface area contributed by atoms with E-state index in [1.165, 1.54) is 83.5 Å². The molecule has 0 amide bonds.